The molecule has 1 saturated carbocycles. The first-order valence-corrected chi connectivity index (χ1v) is 7.73. The second-order valence-corrected chi connectivity index (χ2v) is 6.44. The first-order chi connectivity index (χ1) is 9.11. The summed E-state index contributed by atoms with van der Waals surface area (Å²) in [6.45, 7) is 2.19. The molecule has 1 amide bonds. The van der Waals surface area contributed by atoms with Gasteiger partial charge in [-0.1, -0.05) is 13.0 Å². The lowest BCUT2D eigenvalue weighted by Crippen LogP contribution is -2.19. The van der Waals surface area contributed by atoms with Crippen LogP contribution in [0.5, 0.6) is 0 Å². The van der Waals surface area contributed by atoms with Gasteiger partial charge in [-0.3, -0.25) is 4.79 Å². The minimum atomic E-state index is -0.480. The Bertz CT molecular complexity index is 464. The molecule has 1 aromatic carbocycles. The number of carbonyl (C=O) groups excluding carboxylic acids is 1. The molecule has 1 aliphatic carbocycles. The molecule has 0 aliphatic heterocycles. The number of thioether (sulfide) groups is 1. The van der Waals surface area contributed by atoms with E-state index in [-0.39, 0.29) is 0 Å². The Balaban J connectivity index is 2.04. The minimum Gasteiger partial charge on any atom is -0.396 e. The lowest BCUT2D eigenvalue weighted by atomic mass is 10.1. The zero-order valence-corrected chi connectivity index (χ0v) is 12.0. The lowest BCUT2D eigenvalue weighted by Gasteiger charge is -2.17. The normalized spacial score (nSPS) is 22.4. The van der Waals surface area contributed by atoms with Crippen molar-refractivity contribution in [2.24, 2.45) is 5.73 Å². The third-order valence-electron chi connectivity index (χ3n) is 3.52. The summed E-state index contributed by atoms with van der Waals surface area (Å²) in [6, 6.07) is 5.82. The van der Waals surface area contributed by atoms with Crippen LogP contribution in [0.2, 0.25) is 0 Å². The first-order valence-electron chi connectivity index (χ1n) is 6.68. The van der Waals surface area contributed by atoms with Gasteiger partial charge >= 0.3 is 0 Å². The summed E-state index contributed by atoms with van der Waals surface area (Å²) >= 11 is 2.02. The number of primary amides is 1. The molecule has 2 atom stereocenters. The molecule has 0 spiro atoms. The van der Waals surface area contributed by atoms with E-state index in [0.29, 0.717) is 17.3 Å². The summed E-state index contributed by atoms with van der Waals surface area (Å²) in [5.74, 6) is 0.684. The van der Waals surface area contributed by atoms with Gasteiger partial charge in [0.15, 0.2) is 0 Å². The van der Waals surface area contributed by atoms with Gasteiger partial charge in [0.1, 0.15) is 0 Å². The second-order valence-electron chi connectivity index (χ2n) is 4.86. The van der Waals surface area contributed by atoms with Crippen LogP contribution in [0.15, 0.2) is 18.2 Å². The number of amides is 1. The molecule has 104 valence electrons. The topological polar surface area (TPSA) is 81.1 Å². The fourth-order valence-electron chi connectivity index (χ4n) is 2.58. The SMILES string of the molecule is CCSC1CCC(Nc2cccc(C(N)=O)c2N)C1. The van der Waals surface area contributed by atoms with Crippen LogP contribution in [0.3, 0.4) is 0 Å². The van der Waals surface area contributed by atoms with Crippen molar-refractivity contribution < 1.29 is 4.79 Å². The molecule has 0 bridgehead atoms. The number of rotatable bonds is 5. The zero-order valence-electron chi connectivity index (χ0n) is 11.2. The summed E-state index contributed by atoms with van der Waals surface area (Å²) in [4.78, 5) is 11.3. The number of nitrogen functional groups attached to an aromatic ring is 1. The van der Waals surface area contributed by atoms with E-state index in [1.165, 1.54) is 6.42 Å². The fourth-order valence-corrected chi connectivity index (χ4v) is 3.73. The molecule has 0 saturated heterocycles. The average molecular weight is 279 g/mol. The molecule has 0 heterocycles. The number of nitrogens with two attached hydrogens (primary N) is 2. The molecule has 5 N–H and O–H groups in total. The maximum Gasteiger partial charge on any atom is 0.250 e. The number of hydrogen-bond donors (Lipinski definition) is 3. The van der Waals surface area contributed by atoms with Crippen LogP contribution < -0.4 is 16.8 Å². The monoisotopic (exact) mass is 279 g/mol. The van der Waals surface area contributed by atoms with Crippen molar-refractivity contribution in [2.75, 3.05) is 16.8 Å². The zero-order chi connectivity index (χ0) is 13.8. The Morgan fingerprint density at radius 1 is 1.47 bits per heavy atom. The highest BCUT2D eigenvalue weighted by atomic mass is 32.2. The van der Waals surface area contributed by atoms with E-state index in [1.54, 1.807) is 6.07 Å². The van der Waals surface area contributed by atoms with E-state index in [4.69, 9.17) is 11.5 Å². The van der Waals surface area contributed by atoms with Crippen molar-refractivity contribution in [1.29, 1.82) is 0 Å². The number of anilines is 2. The van der Waals surface area contributed by atoms with Crippen molar-refractivity contribution in [3.05, 3.63) is 23.8 Å². The van der Waals surface area contributed by atoms with Gasteiger partial charge in [0.05, 0.1) is 16.9 Å². The van der Waals surface area contributed by atoms with Crippen LogP contribution in [0.4, 0.5) is 11.4 Å². The highest BCUT2D eigenvalue weighted by Crippen LogP contribution is 2.33. The second kappa shape index (κ2) is 6.19. The van der Waals surface area contributed by atoms with E-state index in [2.05, 4.69) is 12.2 Å². The molecule has 0 aromatic heterocycles. The predicted octanol–water partition coefficient (Wildman–Crippen LogP) is 2.45. The molecule has 1 aliphatic rings. The van der Waals surface area contributed by atoms with Crippen molar-refractivity contribution in [3.8, 4) is 0 Å². The quantitative estimate of drug-likeness (QED) is 0.723. The molecule has 19 heavy (non-hydrogen) atoms. The van der Waals surface area contributed by atoms with Crippen LogP contribution in [0.1, 0.15) is 36.5 Å². The van der Waals surface area contributed by atoms with E-state index < -0.39 is 5.91 Å². The van der Waals surface area contributed by atoms with Gasteiger partial charge in [0.25, 0.3) is 5.91 Å². The molecule has 1 aromatic rings. The van der Waals surface area contributed by atoms with Gasteiger partial charge in [-0.2, -0.15) is 11.8 Å². The number of para-hydroxylation sites is 1. The summed E-state index contributed by atoms with van der Waals surface area (Å²) in [5.41, 5.74) is 13.0. The van der Waals surface area contributed by atoms with Crippen LogP contribution >= 0.6 is 11.8 Å². The summed E-state index contributed by atoms with van der Waals surface area (Å²) in [6.07, 6.45) is 3.54. The van der Waals surface area contributed by atoms with Crippen LogP contribution in [-0.4, -0.2) is 23.0 Å². The third-order valence-corrected chi connectivity index (χ3v) is 4.75. The first kappa shape index (κ1) is 14.1. The molecular weight excluding hydrogens is 258 g/mol. The highest BCUT2D eigenvalue weighted by molar-refractivity contribution is 7.99. The Morgan fingerprint density at radius 2 is 2.26 bits per heavy atom. The van der Waals surface area contributed by atoms with E-state index in [0.717, 1.165) is 29.5 Å². The Morgan fingerprint density at radius 3 is 2.95 bits per heavy atom. The molecule has 5 heteroatoms. The van der Waals surface area contributed by atoms with Crippen LogP contribution in [0, 0.1) is 0 Å². The number of nitrogens with one attached hydrogen (secondary N) is 1. The smallest absolute Gasteiger partial charge is 0.250 e. The molecular formula is C14H21N3OS. The van der Waals surface area contributed by atoms with Crippen molar-refractivity contribution in [1.82, 2.24) is 0 Å². The largest absolute Gasteiger partial charge is 0.396 e. The molecule has 1 fully saturated rings. The summed E-state index contributed by atoms with van der Waals surface area (Å²) in [5, 5.41) is 4.19. The summed E-state index contributed by atoms with van der Waals surface area (Å²) < 4.78 is 0. The van der Waals surface area contributed by atoms with Crippen molar-refractivity contribution in [3.63, 3.8) is 0 Å². The van der Waals surface area contributed by atoms with Gasteiger partial charge < -0.3 is 16.8 Å². The Kier molecular flexibility index (Phi) is 4.58. The fraction of sp³-hybridized carbons (Fsp3) is 0.500. The van der Waals surface area contributed by atoms with Gasteiger partial charge in [-0.05, 0) is 37.1 Å². The van der Waals surface area contributed by atoms with Crippen molar-refractivity contribution in [2.45, 2.75) is 37.5 Å². The number of hydrogen-bond acceptors (Lipinski definition) is 4. The lowest BCUT2D eigenvalue weighted by molar-refractivity contribution is 0.100. The van der Waals surface area contributed by atoms with E-state index >= 15 is 0 Å². The standard InChI is InChI=1S/C14H21N3OS/c1-2-19-10-7-6-9(8-10)17-12-5-3-4-11(13(12)15)14(16)18/h3-5,9-10,17H,2,6-8,15H2,1H3,(H2,16,18). The van der Waals surface area contributed by atoms with Gasteiger partial charge in [-0.15, -0.1) is 0 Å². The van der Waals surface area contributed by atoms with E-state index in [1.807, 2.05) is 23.9 Å². The Hall–Kier alpha value is -1.36. The van der Waals surface area contributed by atoms with Crippen LogP contribution in [-0.2, 0) is 0 Å². The van der Waals surface area contributed by atoms with Gasteiger partial charge in [0.2, 0.25) is 0 Å². The summed E-state index contributed by atoms with van der Waals surface area (Å²) in [7, 11) is 0. The molecule has 2 rings (SSSR count). The van der Waals surface area contributed by atoms with Gasteiger partial charge in [-0.25, -0.2) is 0 Å². The number of benzene rings is 1. The van der Waals surface area contributed by atoms with Crippen LogP contribution in [0.25, 0.3) is 0 Å². The predicted molar refractivity (Wildman–Crippen MR) is 82.6 cm³/mol. The maximum absolute atomic E-state index is 11.3. The van der Waals surface area contributed by atoms with E-state index in [9.17, 15) is 4.79 Å². The molecule has 4 nitrogen and oxygen atoms in total. The highest BCUT2D eigenvalue weighted by Gasteiger charge is 2.25. The maximum atomic E-state index is 11.3. The van der Waals surface area contributed by atoms with Crippen molar-refractivity contribution >= 4 is 29.0 Å². The average Bonchev–Trinajstić information content (AvgIpc) is 2.79. The Labute approximate surface area is 118 Å². The molecule has 0 radical (unpaired) electrons. The molecule has 2 unspecified atom stereocenters. The van der Waals surface area contributed by atoms with Gasteiger partial charge in [0, 0.05) is 11.3 Å². The third kappa shape index (κ3) is 3.35. The number of carbonyl (C=O) groups is 1. The minimum absolute atomic E-state index is 0.391.